The van der Waals surface area contributed by atoms with Gasteiger partial charge in [0.25, 0.3) is 5.91 Å². The Morgan fingerprint density at radius 1 is 1.21 bits per heavy atom. The molecule has 1 atom stereocenters. The van der Waals surface area contributed by atoms with Gasteiger partial charge in [-0.2, -0.15) is 0 Å². The number of nitro benzene ring substituents is 1. The van der Waals surface area contributed by atoms with Crippen LogP contribution in [0.3, 0.4) is 0 Å². The van der Waals surface area contributed by atoms with E-state index in [2.05, 4.69) is 4.90 Å². The molecule has 0 aromatic heterocycles. The van der Waals surface area contributed by atoms with E-state index in [1.54, 1.807) is 0 Å². The molecule has 7 nitrogen and oxygen atoms in total. The van der Waals surface area contributed by atoms with E-state index in [0.29, 0.717) is 12.1 Å². The third kappa shape index (κ3) is 3.51. The SMILES string of the molecule is O=C(c1ccc([N+](=O)[O-])c(O)c1)N1CCC[C@@H]1CN1CCCCC1. The van der Waals surface area contributed by atoms with Gasteiger partial charge < -0.3 is 14.9 Å². The number of hydrogen-bond donors (Lipinski definition) is 1. The molecule has 1 amide bonds. The molecule has 1 N–H and O–H groups in total. The third-order valence-corrected chi connectivity index (χ3v) is 4.97. The summed E-state index contributed by atoms with van der Waals surface area (Å²) in [5.74, 6) is -0.614. The average Bonchev–Trinajstić information content (AvgIpc) is 3.02. The summed E-state index contributed by atoms with van der Waals surface area (Å²) in [7, 11) is 0. The van der Waals surface area contributed by atoms with Crippen LogP contribution in [0.25, 0.3) is 0 Å². The molecule has 2 aliphatic rings. The lowest BCUT2D eigenvalue weighted by Gasteiger charge is -2.33. The first-order valence-corrected chi connectivity index (χ1v) is 8.57. The average molecular weight is 333 g/mol. The van der Waals surface area contributed by atoms with Gasteiger partial charge in [0.2, 0.25) is 0 Å². The van der Waals surface area contributed by atoms with Gasteiger partial charge in [-0.15, -0.1) is 0 Å². The van der Waals surface area contributed by atoms with Gasteiger partial charge in [0, 0.05) is 30.8 Å². The maximum absolute atomic E-state index is 12.8. The first-order valence-electron chi connectivity index (χ1n) is 8.57. The number of carbonyl (C=O) groups is 1. The Morgan fingerprint density at radius 2 is 1.96 bits per heavy atom. The molecular formula is C17H23N3O4. The van der Waals surface area contributed by atoms with Crippen molar-refractivity contribution in [3.8, 4) is 5.75 Å². The number of phenols is 1. The largest absolute Gasteiger partial charge is 0.502 e. The zero-order valence-corrected chi connectivity index (χ0v) is 13.7. The molecule has 0 radical (unpaired) electrons. The molecule has 0 saturated carbocycles. The summed E-state index contributed by atoms with van der Waals surface area (Å²) in [6.07, 6.45) is 5.68. The van der Waals surface area contributed by atoms with Crippen molar-refractivity contribution >= 4 is 11.6 Å². The first-order chi connectivity index (χ1) is 11.6. The molecule has 0 spiro atoms. The summed E-state index contributed by atoms with van der Waals surface area (Å²) in [5.41, 5.74) is -0.0681. The summed E-state index contributed by atoms with van der Waals surface area (Å²) in [6.45, 7) is 3.79. The van der Waals surface area contributed by atoms with Crippen molar-refractivity contribution in [2.24, 2.45) is 0 Å². The molecule has 2 saturated heterocycles. The van der Waals surface area contributed by atoms with E-state index < -0.39 is 10.7 Å². The van der Waals surface area contributed by atoms with Gasteiger partial charge in [-0.05, 0) is 50.9 Å². The Bertz CT molecular complexity index is 628. The number of phenolic OH excluding ortho intramolecular Hbond substituents is 1. The third-order valence-electron chi connectivity index (χ3n) is 4.97. The van der Waals surface area contributed by atoms with E-state index in [4.69, 9.17) is 0 Å². The second-order valence-corrected chi connectivity index (χ2v) is 6.62. The molecule has 24 heavy (non-hydrogen) atoms. The fourth-order valence-electron chi connectivity index (χ4n) is 3.71. The minimum Gasteiger partial charge on any atom is -0.502 e. The Kier molecular flexibility index (Phi) is 4.99. The molecule has 1 aromatic carbocycles. The van der Waals surface area contributed by atoms with E-state index in [0.717, 1.165) is 32.5 Å². The summed E-state index contributed by atoms with van der Waals surface area (Å²) in [5, 5.41) is 20.5. The number of piperidine rings is 1. The number of likely N-dealkylation sites (tertiary alicyclic amines) is 2. The number of amides is 1. The van der Waals surface area contributed by atoms with Crippen LogP contribution in [0.15, 0.2) is 18.2 Å². The van der Waals surface area contributed by atoms with E-state index in [1.807, 2.05) is 4.90 Å². The number of aromatic hydroxyl groups is 1. The predicted octanol–water partition coefficient (Wildman–Crippen LogP) is 2.39. The second kappa shape index (κ2) is 7.17. The minimum atomic E-state index is -0.654. The zero-order valence-electron chi connectivity index (χ0n) is 13.7. The molecule has 7 heteroatoms. The zero-order chi connectivity index (χ0) is 17.1. The standard InChI is InChI=1S/C17H23N3O4/c21-16-11-13(6-7-15(16)20(23)24)17(22)19-10-4-5-14(19)12-18-8-2-1-3-9-18/h6-7,11,14,21H,1-5,8-10,12H2/t14-/m1/s1. The van der Waals surface area contributed by atoms with Gasteiger partial charge in [-0.1, -0.05) is 6.42 Å². The van der Waals surface area contributed by atoms with Crippen molar-refractivity contribution in [3.05, 3.63) is 33.9 Å². The van der Waals surface area contributed by atoms with Crippen molar-refractivity contribution < 1.29 is 14.8 Å². The van der Waals surface area contributed by atoms with Crippen molar-refractivity contribution in [1.29, 1.82) is 0 Å². The Morgan fingerprint density at radius 3 is 2.62 bits per heavy atom. The fourth-order valence-corrected chi connectivity index (χ4v) is 3.71. The molecule has 2 heterocycles. The highest BCUT2D eigenvalue weighted by molar-refractivity contribution is 5.95. The van der Waals surface area contributed by atoms with Crippen LogP contribution in [0.2, 0.25) is 0 Å². The highest BCUT2D eigenvalue weighted by Gasteiger charge is 2.31. The number of rotatable bonds is 4. The summed E-state index contributed by atoms with van der Waals surface area (Å²) < 4.78 is 0. The van der Waals surface area contributed by atoms with Gasteiger partial charge in [-0.3, -0.25) is 14.9 Å². The molecule has 1 aromatic rings. The topological polar surface area (TPSA) is 86.9 Å². The predicted molar refractivity (Wildman–Crippen MR) is 89.1 cm³/mol. The van der Waals surface area contributed by atoms with E-state index in [-0.39, 0.29) is 17.6 Å². The molecule has 0 aliphatic carbocycles. The number of carbonyl (C=O) groups excluding carboxylic acids is 1. The lowest BCUT2D eigenvalue weighted by molar-refractivity contribution is -0.385. The van der Waals surface area contributed by atoms with Crippen molar-refractivity contribution in [1.82, 2.24) is 9.80 Å². The second-order valence-electron chi connectivity index (χ2n) is 6.62. The van der Waals surface area contributed by atoms with Gasteiger partial charge >= 0.3 is 5.69 Å². The lowest BCUT2D eigenvalue weighted by Crippen LogP contribution is -2.44. The Hall–Kier alpha value is -2.15. The number of hydrogen-bond acceptors (Lipinski definition) is 5. The van der Waals surface area contributed by atoms with Crippen molar-refractivity contribution in [3.63, 3.8) is 0 Å². The summed E-state index contributed by atoms with van der Waals surface area (Å²) in [4.78, 5) is 27.2. The van der Waals surface area contributed by atoms with Crippen LogP contribution in [0, 0.1) is 10.1 Å². The van der Waals surface area contributed by atoms with Crippen LogP contribution in [-0.4, -0.2) is 58.0 Å². The Labute approximate surface area is 141 Å². The van der Waals surface area contributed by atoms with Crippen LogP contribution in [-0.2, 0) is 0 Å². The summed E-state index contributed by atoms with van der Waals surface area (Å²) >= 11 is 0. The van der Waals surface area contributed by atoms with Gasteiger partial charge in [0.15, 0.2) is 5.75 Å². The maximum Gasteiger partial charge on any atom is 0.310 e. The van der Waals surface area contributed by atoms with Crippen molar-refractivity contribution in [2.45, 2.75) is 38.1 Å². The smallest absolute Gasteiger partial charge is 0.310 e. The van der Waals surface area contributed by atoms with Gasteiger partial charge in [0.05, 0.1) is 4.92 Å². The van der Waals surface area contributed by atoms with Crippen LogP contribution in [0.5, 0.6) is 5.75 Å². The summed E-state index contributed by atoms with van der Waals surface area (Å²) in [6, 6.07) is 4.01. The maximum atomic E-state index is 12.8. The molecule has 2 aliphatic heterocycles. The van der Waals surface area contributed by atoms with Crippen LogP contribution in [0.4, 0.5) is 5.69 Å². The van der Waals surface area contributed by atoms with E-state index in [9.17, 15) is 20.0 Å². The molecule has 3 rings (SSSR count). The van der Waals surface area contributed by atoms with Gasteiger partial charge in [0.1, 0.15) is 0 Å². The molecular weight excluding hydrogens is 310 g/mol. The first kappa shape index (κ1) is 16.7. The lowest BCUT2D eigenvalue weighted by atomic mass is 10.1. The van der Waals surface area contributed by atoms with Crippen LogP contribution in [0.1, 0.15) is 42.5 Å². The van der Waals surface area contributed by atoms with E-state index >= 15 is 0 Å². The van der Waals surface area contributed by atoms with Crippen LogP contribution >= 0.6 is 0 Å². The normalized spacial score (nSPS) is 21.8. The van der Waals surface area contributed by atoms with Crippen molar-refractivity contribution in [2.75, 3.05) is 26.2 Å². The highest BCUT2D eigenvalue weighted by Crippen LogP contribution is 2.28. The quantitative estimate of drug-likeness (QED) is 0.675. The molecule has 130 valence electrons. The van der Waals surface area contributed by atoms with Crippen LogP contribution < -0.4 is 0 Å². The number of benzene rings is 1. The number of nitro groups is 1. The van der Waals surface area contributed by atoms with Gasteiger partial charge in [-0.25, -0.2) is 0 Å². The fraction of sp³-hybridized carbons (Fsp3) is 0.588. The molecule has 2 fully saturated rings. The number of nitrogens with zero attached hydrogens (tertiary/aromatic N) is 3. The Balaban J connectivity index is 1.71. The molecule has 0 unspecified atom stereocenters. The highest BCUT2D eigenvalue weighted by atomic mass is 16.6. The molecule has 0 bridgehead atoms. The monoisotopic (exact) mass is 333 g/mol. The van der Waals surface area contributed by atoms with E-state index in [1.165, 1.54) is 37.5 Å². The minimum absolute atomic E-state index is 0.153.